The predicted octanol–water partition coefficient (Wildman–Crippen LogP) is 4.60. The molecule has 1 aromatic carbocycles. The number of allylic oxidation sites excluding steroid dienone is 2. The molecule has 2 saturated heterocycles. The summed E-state index contributed by atoms with van der Waals surface area (Å²) in [6, 6.07) is 10.3. The number of nitrogens with zero attached hydrogens (tertiary/aromatic N) is 1. The van der Waals surface area contributed by atoms with E-state index in [9.17, 15) is 4.79 Å². The molecule has 0 aromatic heterocycles. The second kappa shape index (κ2) is 12.2. The lowest BCUT2D eigenvalue weighted by Gasteiger charge is -2.29. The quantitative estimate of drug-likeness (QED) is 0.821. The van der Waals surface area contributed by atoms with Gasteiger partial charge in [0, 0.05) is 6.54 Å². The third-order valence-corrected chi connectivity index (χ3v) is 4.85. The zero-order valence-electron chi connectivity index (χ0n) is 17.1. The average molecular weight is 388 g/mol. The fourth-order valence-electron chi connectivity index (χ4n) is 3.37. The number of benzene rings is 1. The normalized spacial score (nSPS) is 19.1. The van der Waals surface area contributed by atoms with Gasteiger partial charge in [0.2, 0.25) is 0 Å². The first kappa shape index (κ1) is 22.0. The number of hydrogen-bond acceptors (Lipinski definition) is 4. The maximum atomic E-state index is 10.8. The van der Waals surface area contributed by atoms with Crippen molar-refractivity contribution < 1.29 is 19.4 Å². The van der Waals surface area contributed by atoms with Crippen LogP contribution in [0.2, 0.25) is 0 Å². The van der Waals surface area contributed by atoms with Gasteiger partial charge in [0.1, 0.15) is 13.2 Å². The van der Waals surface area contributed by atoms with Gasteiger partial charge in [-0.25, -0.2) is 0 Å². The molecule has 0 bridgehead atoms. The minimum atomic E-state index is -0.639. The zero-order chi connectivity index (χ0) is 20.2. The van der Waals surface area contributed by atoms with Crippen LogP contribution >= 0.6 is 0 Å². The van der Waals surface area contributed by atoms with Crippen LogP contribution in [0.25, 0.3) is 0 Å². The lowest BCUT2D eigenvalue weighted by Crippen LogP contribution is -2.35. The summed E-state index contributed by atoms with van der Waals surface area (Å²) in [6.07, 6.45) is 7.91. The maximum Gasteiger partial charge on any atom is 0.306 e. The van der Waals surface area contributed by atoms with Crippen LogP contribution in [0, 0.1) is 5.92 Å². The van der Waals surface area contributed by atoms with Crippen LogP contribution < -0.4 is 0 Å². The lowest BCUT2D eigenvalue weighted by atomic mass is 9.97. The molecule has 0 spiro atoms. The molecule has 1 aromatic rings. The van der Waals surface area contributed by atoms with Gasteiger partial charge in [-0.2, -0.15) is 0 Å². The molecule has 3 aliphatic rings. The monoisotopic (exact) mass is 387 g/mol. The summed E-state index contributed by atoms with van der Waals surface area (Å²) in [7, 11) is 0. The van der Waals surface area contributed by atoms with Gasteiger partial charge in [0.05, 0.1) is 5.92 Å². The standard InChI is InChI=1S/C13H17NO2.C8H10O2.C2H6/c15-13(16)12-6-8-14(9-7-12)10-11-4-2-1-3-5-11;1-2-4-8-7(3-1)9-5-6-10-8;1-2/h1-5,12H,6-10H2,(H,15,16);3-4H,1-2,5-6H2;1-2H3. The van der Waals surface area contributed by atoms with Crippen LogP contribution in [0.1, 0.15) is 45.1 Å². The number of aliphatic carboxylic acids is 1. The minimum Gasteiger partial charge on any atom is -0.486 e. The summed E-state index contributed by atoms with van der Waals surface area (Å²) < 4.78 is 10.7. The number of carboxylic acid groups (broad SMARTS) is 1. The lowest BCUT2D eigenvalue weighted by molar-refractivity contribution is -0.143. The molecule has 0 unspecified atom stereocenters. The molecular weight excluding hydrogens is 354 g/mol. The van der Waals surface area contributed by atoms with Gasteiger partial charge in [-0.05, 0) is 56.5 Å². The number of rotatable bonds is 3. The Balaban J connectivity index is 0.000000200. The Bertz CT molecular complexity index is 624. The summed E-state index contributed by atoms with van der Waals surface area (Å²) in [5.41, 5.74) is 1.30. The van der Waals surface area contributed by atoms with E-state index < -0.39 is 5.97 Å². The summed E-state index contributed by atoms with van der Waals surface area (Å²) in [5.74, 6) is 1.11. The van der Waals surface area contributed by atoms with E-state index in [0.717, 1.165) is 56.8 Å². The first-order chi connectivity index (χ1) is 13.7. The Labute approximate surface area is 168 Å². The van der Waals surface area contributed by atoms with Crippen molar-refractivity contribution in [2.24, 2.45) is 5.92 Å². The molecule has 5 heteroatoms. The number of likely N-dealkylation sites (tertiary alicyclic amines) is 1. The molecule has 2 fully saturated rings. The second-order valence-electron chi connectivity index (χ2n) is 6.79. The molecule has 28 heavy (non-hydrogen) atoms. The highest BCUT2D eigenvalue weighted by atomic mass is 16.6. The van der Waals surface area contributed by atoms with Crippen LogP contribution in [-0.2, 0) is 20.8 Å². The molecule has 0 atom stereocenters. The van der Waals surface area contributed by atoms with Crippen LogP contribution in [0.5, 0.6) is 0 Å². The first-order valence-electron chi connectivity index (χ1n) is 10.4. The third-order valence-electron chi connectivity index (χ3n) is 4.85. The average Bonchev–Trinajstić information content (AvgIpc) is 2.77. The SMILES string of the molecule is C1=C2OCCOC2=CCC1.CC.O=C(O)C1CCN(Cc2ccccc2)CC1. The molecule has 4 rings (SSSR count). The van der Waals surface area contributed by atoms with Gasteiger partial charge >= 0.3 is 5.97 Å². The molecule has 1 aliphatic carbocycles. The molecule has 154 valence electrons. The van der Waals surface area contributed by atoms with Crippen molar-refractivity contribution >= 4 is 5.97 Å². The van der Waals surface area contributed by atoms with Crippen LogP contribution in [-0.4, -0.2) is 42.3 Å². The molecule has 0 radical (unpaired) electrons. The van der Waals surface area contributed by atoms with E-state index in [1.54, 1.807) is 0 Å². The van der Waals surface area contributed by atoms with E-state index in [1.165, 1.54) is 5.56 Å². The van der Waals surface area contributed by atoms with Crippen LogP contribution in [0.15, 0.2) is 54.0 Å². The van der Waals surface area contributed by atoms with E-state index in [-0.39, 0.29) is 5.92 Å². The number of hydrogen-bond donors (Lipinski definition) is 1. The van der Waals surface area contributed by atoms with Crippen molar-refractivity contribution in [3.8, 4) is 0 Å². The molecule has 5 nitrogen and oxygen atoms in total. The second-order valence-corrected chi connectivity index (χ2v) is 6.79. The Hall–Kier alpha value is -2.27. The molecule has 1 N–H and O–H groups in total. The largest absolute Gasteiger partial charge is 0.486 e. The fraction of sp³-hybridized carbons (Fsp3) is 0.522. The molecule has 0 amide bonds. The highest BCUT2D eigenvalue weighted by Crippen LogP contribution is 2.23. The number of fused-ring (bicyclic) bond motifs is 1. The van der Waals surface area contributed by atoms with E-state index >= 15 is 0 Å². The van der Waals surface area contributed by atoms with Crippen molar-refractivity contribution in [2.45, 2.75) is 46.1 Å². The van der Waals surface area contributed by atoms with E-state index in [4.69, 9.17) is 14.6 Å². The fourth-order valence-corrected chi connectivity index (χ4v) is 3.37. The minimum absolute atomic E-state index is 0.132. The van der Waals surface area contributed by atoms with Gasteiger partial charge in [-0.1, -0.05) is 44.2 Å². The van der Waals surface area contributed by atoms with Gasteiger partial charge in [-0.3, -0.25) is 9.69 Å². The number of carbonyl (C=O) groups is 1. The highest BCUT2D eigenvalue weighted by Gasteiger charge is 2.24. The van der Waals surface area contributed by atoms with Gasteiger partial charge in [0.15, 0.2) is 11.5 Å². The van der Waals surface area contributed by atoms with Crippen molar-refractivity contribution in [1.82, 2.24) is 4.90 Å². The summed E-state index contributed by atoms with van der Waals surface area (Å²) in [6.45, 7) is 8.12. The number of carboxylic acids is 1. The van der Waals surface area contributed by atoms with Crippen molar-refractivity contribution in [3.63, 3.8) is 0 Å². The zero-order valence-corrected chi connectivity index (χ0v) is 17.1. The van der Waals surface area contributed by atoms with E-state index in [1.807, 2.05) is 32.0 Å². The number of piperidine rings is 1. The molecule has 2 aliphatic heterocycles. The van der Waals surface area contributed by atoms with Gasteiger partial charge in [-0.15, -0.1) is 0 Å². The number of ether oxygens (including phenoxy) is 2. The van der Waals surface area contributed by atoms with E-state index in [2.05, 4.69) is 29.2 Å². The van der Waals surface area contributed by atoms with Crippen molar-refractivity contribution in [3.05, 3.63) is 59.6 Å². The Morgan fingerprint density at radius 3 is 2.04 bits per heavy atom. The van der Waals surface area contributed by atoms with E-state index in [0.29, 0.717) is 13.2 Å². The Morgan fingerprint density at radius 2 is 1.54 bits per heavy atom. The van der Waals surface area contributed by atoms with Crippen molar-refractivity contribution in [1.29, 1.82) is 0 Å². The predicted molar refractivity (Wildman–Crippen MR) is 111 cm³/mol. The maximum absolute atomic E-state index is 10.8. The topological polar surface area (TPSA) is 59.0 Å². The van der Waals surface area contributed by atoms with Crippen molar-refractivity contribution in [2.75, 3.05) is 26.3 Å². The molecule has 0 saturated carbocycles. The molecular formula is C23H33NO4. The Kier molecular flexibility index (Phi) is 9.63. The Morgan fingerprint density at radius 1 is 1.00 bits per heavy atom. The summed E-state index contributed by atoms with van der Waals surface area (Å²) in [4.78, 5) is 13.1. The van der Waals surface area contributed by atoms with Gasteiger partial charge < -0.3 is 14.6 Å². The molecule has 2 heterocycles. The van der Waals surface area contributed by atoms with Crippen LogP contribution in [0.3, 0.4) is 0 Å². The third kappa shape index (κ3) is 7.04. The first-order valence-corrected chi connectivity index (χ1v) is 10.4. The smallest absolute Gasteiger partial charge is 0.306 e. The van der Waals surface area contributed by atoms with Crippen LogP contribution in [0.4, 0.5) is 0 Å². The highest BCUT2D eigenvalue weighted by molar-refractivity contribution is 5.70. The van der Waals surface area contributed by atoms with Gasteiger partial charge in [0.25, 0.3) is 0 Å². The summed E-state index contributed by atoms with van der Waals surface area (Å²) >= 11 is 0. The summed E-state index contributed by atoms with van der Waals surface area (Å²) in [5, 5.41) is 8.90.